The molecule has 3 atom stereocenters. The molecule has 23 heavy (non-hydrogen) atoms. The Hall–Kier alpha value is -1.95. The van der Waals surface area contributed by atoms with E-state index in [-0.39, 0.29) is 5.91 Å². The van der Waals surface area contributed by atoms with Gasteiger partial charge < -0.3 is 10.2 Å². The fourth-order valence-corrected chi connectivity index (χ4v) is 4.74. The van der Waals surface area contributed by atoms with Gasteiger partial charge in [0.15, 0.2) is 0 Å². The molecule has 3 heterocycles. The molecule has 0 radical (unpaired) electrons. The smallest absolute Gasteiger partial charge is 0.263 e. The molecule has 1 amide bonds. The van der Waals surface area contributed by atoms with Crippen LogP contribution in [0.1, 0.15) is 28.1 Å². The predicted octanol–water partition coefficient (Wildman–Crippen LogP) is 2.81. The third-order valence-corrected chi connectivity index (χ3v) is 6.02. The Labute approximate surface area is 139 Å². The quantitative estimate of drug-likeness (QED) is 0.941. The summed E-state index contributed by atoms with van der Waals surface area (Å²) in [6.45, 7) is 3.77. The first-order valence-corrected chi connectivity index (χ1v) is 8.95. The molecule has 2 aliphatic rings. The highest BCUT2D eigenvalue weighted by Gasteiger charge is 2.44. The van der Waals surface area contributed by atoms with Crippen LogP contribution in [-0.2, 0) is 0 Å². The first-order valence-electron chi connectivity index (χ1n) is 8.07. The number of amides is 1. The number of aryl methyl sites for hydroxylation is 1. The highest BCUT2D eigenvalue weighted by molar-refractivity contribution is 7.12. The Morgan fingerprint density at radius 3 is 3.00 bits per heavy atom. The number of thiophene rings is 1. The van der Waals surface area contributed by atoms with E-state index in [1.807, 2.05) is 23.3 Å². The second-order valence-corrected chi connectivity index (χ2v) is 7.45. The van der Waals surface area contributed by atoms with Gasteiger partial charge in [-0.1, -0.05) is 0 Å². The summed E-state index contributed by atoms with van der Waals surface area (Å²) >= 11 is 1.55. The van der Waals surface area contributed by atoms with Crippen LogP contribution in [0.2, 0.25) is 0 Å². The Morgan fingerprint density at radius 1 is 1.35 bits per heavy atom. The van der Waals surface area contributed by atoms with Crippen molar-refractivity contribution in [2.45, 2.75) is 25.8 Å². The molecule has 0 unspecified atom stereocenters. The maximum Gasteiger partial charge on any atom is 0.263 e. The Morgan fingerprint density at radius 2 is 2.26 bits per heavy atom. The minimum absolute atomic E-state index is 0.191. The molecule has 6 heteroatoms. The predicted molar refractivity (Wildman–Crippen MR) is 90.6 cm³/mol. The summed E-state index contributed by atoms with van der Waals surface area (Å²) in [6.07, 6.45) is 7.47. The number of fused-ring (bicyclic) bond motifs is 1. The van der Waals surface area contributed by atoms with Crippen LogP contribution >= 0.6 is 11.3 Å². The fourth-order valence-electron chi connectivity index (χ4n) is 3.87. The summed E-state index contributed by atoms with van der Waals surface area (Å²) < 4.78 is 0. The van der Waals surface area contributed by atoms with Crippen LogP contribution in [0.25, 0.3) is 0 Å². The van der Waals surface area contributed by atoms with E-state index in [0.29, 0.717) is 17.9 Å². The average Bonchev–Trinajstić information content (AvgIpc) is 3.25. The van der Waals surface area contributed by atoms with Crippen LogP contribution in [0.5, 0.6) is 0 Å². The van der Waals surface area contributed by atoms with Crippen LogP contribution in [0, 0.1) is 18.8 Å². The molecule has 4 rings (SSSR count). The van der Waals surface area contributed by atoms with E-state index in [1.165, 1.54) is 12.0 Å². The van der Waals surface area contributed by atoms with Gasteiger partial charge in [-0.05, 0) is 42.7 Å². The highest BCUT2D eigenvalue weighted by atomic mass is 32.1. The standard InChI is InChI=1S/C17H20N4OS/c1-11-6-15(23-10-11)17(22)21-8-12-2-3-14(13(12)9-21)20-16-7-18-4-5-19-16/h4-7,10,12-14H,2-3,8-9H2,1H3,(H,19,20)/t12-,13+,14-/m1/s1. The van der Waals surface area contributed by atoms with E-state index in [4.69, 9.17) is 0 Å². The third kappa shape index (κ3) is 2.83. The molecule has 5 nitrogen and oxygen atoms in total. The number of carbonyl (C=O) groups is 1. The van der Waals surface area contributed by atoms with Gasteiger partial charge in [-0.25, -0.2) is 4.98 Å². The van der Waals surface area contributed by atoms with Crippen molar-refractivity contribution in [1.29, 1.82) is 0 Å². The summed E-state index contributed by atoms with van der Waals surface area (Å²) in [7, 11) is 0. The molecule has 2 aromatic heterocycles. The average molecular weight is 328 g/mol. The van der Waals surface area contributed by atoms with Crippen molar-refractivity contribution in [1.82, 2.24) is 14.9 Å². The second kappa shape index (κ2) is 5.92. The van der Waals surface area contributed by atoms with E-state index in [2.05, 4.69) is 15.3 Å². The Bertz CT molecular complexity index is 702. The molecule has 1 N–H and O–H groups in total. The van der Waals surface area contributed by atoms with Gasteiger partial charge in [-0.3, -0.25) is 9.78 Å². The molecule has 0 spiro atoms. The van der Waals surface area contributed by atoms with Gasteiger partial charge in [-0.2, -0.15) is 0 Å². The number of aromatic nitrogens is 2. The maximum atomic E-state index is 12.6. The minimum Gasteiger partial charge on any atom is -0.366 e. The fraction of sp³-hybridized carbons (Fsp3) is 0.471. The van der Waals surface area contributed by atoms with Crippen LogP contribution in [-0.4, -0.2) is 39.9 Å². The number of anilines is 1. The minimum atomic E-state index is 0.191. The van der Waals surface area contributed by atoms with E-state index in [0.717, 1.165) is 30.2 Å². The molecule has 1 saturated carbocycles. The maximum absolute atomic E-state index is 12.6. The van der Waals surface area contributed by atoms with Crippen LogP contribution < -0.4 is 5.32 Å². The molecule has 0 aromatic carbocycles. The topological polar surface area (TPSA) is 58.1 Å². The molecule has 2 fully saturated rings. The summed E-state index contributed by atoms with van der Waals surface area (Å²) in [5, 5.41) is 5.55. The normalized spacial score (nSPS) is 26.3. The zero-order valence-electron chi connectivity index (χ0n) is 13.1. The van der Waals surface area contributed by atoms with Crippen molar-refractivity contribution in [2.75, 3.05) is 18.4 Å². The number of nitrogens with zero attached hydrogens (tertiary/aromatic N) is 3. The summed E-state index contributed by atoms with van der Waals surface area (Å²) in [6, 6.07) is 2.38. The van der Waals surface area contributed by atoms with Gasteiger partial charge in [0.25, 0.3) is 5.91 Å². The summed E-state index contributed by atoms with van der Waals surface area (Å²) in [5.41, 5.74) is 1.17. The van der Waals surface area contributed by atoms with Gasteiger partial charge in [0.05, 0.1) is 11.1 Å². The van der Waals surface area contributed by atoms with Gasteiger partial charge in [0, 0.05) is 37.4 Å². The lowest BCUT2D eigenvalue weighted by Gasteiger charge is -2.21. The van der Waals surface area contributed by atoms with Crippen LogP contribution in [0.4, 0.5) is 5.82 Å². The number of likely N-dealkylation sites (tertiary alicyclic amines) is 1. The lowest BCUT2D eigenvalue weighted by molar-refractivity contribution is 0.0784. The molecular formula is C17H20N4OS. The number of rotatable bonds is 3. The van der Waals surface area contributed by atoms with E-state index >= 15 is 0 Å². The van der Waals surface area contributed by atoms with E-state index in [9.17, 15) is 4.79 Å². The highest BCUT2D eigenvalue weighted by Crippen LogP contribution is 2.40. The van der Waals surface area contributed by atoms with Crippen molar-refractivity contribution in [3.63, 3.8) is 0 Å². The molecule has 2 aromatic rings. The molecular weight excluding hydrogens is 308 g/mol. The summed E-state index contributed by atoms with van der Waals surface area (Å²) in [5.74, 6) is 2.14. The van der Waals surface area contributed by atoms with Crippen LogP contribution in [0.3, 0.4) is 0 Å². The lowest BCUT2D eigenvalue weighted by Crippen LogP contribution is -2.33. The van der Waals surface area contributed by atoms with Crippen molar-refractivity contribution < 1.29 is 4.79 Å². The number of hydrogen-bond acceptors (Lipinski definition) is 5. The Kier molecular flexibility index (Phi) is 3.77. The van der Waals surface area contributed by atoms with Crippen molar-refractivity contribution in [3.8, 4) is 0 Å². The summed E-state index contributed by atoms with van der Waals surface area (Å²) in [4.78, 5) is 24.0. The zero-order valence-corrected chi connectivity index (χ0v) is 13.9. The SMILES string of the molecule is Cc1csc(C(=O)N2C[C@H]3CC[C@@H](Nc4cnccn4)[C@H]3C2)c1. The van der Waals surface area contributed by atoms with Gasteiger partial charge >= 0.3 is 0 Å². The number of hydrogen-bond donors (Lipinski definition) is 1. The number of nitrogens with one attached hydrogen (secondary N) is 1. The van der Waals surface area contributed by atoms with Gasteiger partial charge in [-0.15, -0.1) is 11.3 Å². The lowest BCUT2D eigenvalue weighted by atomic mass is 9.98. The molecule has 120 valence electrons. The van der Waals surface area contributed by atoms with E-state index < -0.39 is 0 Å². The third-order valence-electron chi connectivity index (χ3n) is 4.98. The largest absolute Gasteiger partial charge is 0.366 e. The molecule has 1 aliphatic heterocycles. The van der Waals surface area contributed by atoms with E-state index in [1.54, 1.807) is 29.9 Å². The first kappa shape index (κ1) is 14.6. The van der Waals surface area contributed by atoms with Crippen molar-refractivity contribution in [3.05, 3.63) is 40.5 Å². The zero-order chi connectivity index (χ0) is 15.8. The molecule has 0 bridgehead atoms. The number of carbonyl (C=O) groups excluding carboxylic acids is 1. The van der Waals surface area contributed by atoms with Gasteiger partial charge in [0.2, 0.25) is 0 Å². The second-order valence-electron chi connectivity index (χ2n) is 6.54. The van der Waals surface area contributed by atoms with Crippen molar-refractivity contribution >= 4 is 23.1 Å². The van der Waals surface area contributed by atoms with Crippen molar-refractivity contribution in [2.24, 2.45) is 11.8 Å². The molecule has 1 aliphatic carbocycles. The van der Waals surface area contributed by atoms with Gasteiger partial charge in [0.1, 0.15) is 5.82 Å². The Balaban J connectivity index is 1.44. The van der Waals surface area contributed by atoms with Crippen LogP contribution in [0.15, 0.2) is 30.0 Å². The molecule has 1 saturated heterocycles. The first-order chi connectivity index (χ1) is 11.2. The monoisotopic (exact) mass is 328 g/mol.